The predicted molar refractivity (Wildman–Crippen MR) is 56.2 cm³/mol. The van der Waals surface area contributed by atoms with Crippen molar-refractivity contribution in [2.45, 2.75) is 10.9 Å². The molecule has 0 saturated carbocycles. The second-order valence-corrected chi connectivity index (χ2v) is 4.04. The summed E-state index contributed by atoms with van der Waals surface area (Å²) in [5, 5.41) is 17.2. The van der Waals surface area contributed by atoms with E-state index in [1.807, 2.05) is 7.05 Å². The van der Waals surface area contributed by atoms with E-state index in [9.17, 15) is 4.79 Å². The number of aromatic carboxylic acids is 1. The Balaban J connectivity index is 2.08. The number of carbonyl (C=O) groups is 1. The topological polar surface area (TPSA) is 81.2 Å². The molecule has 16 heavy (non-hydrogen) atoms. The molecule has 2 heterocycles. The summed E-state index contributed by atoms with van der Waals surface area (Å²) >= 11 is 1.41. The van der Waals surface area contributed by atoms with Gasteiger partial charge in [0.25, 0.3) is 0 Å². The molecule has 0 spiro atoms. The smallest absolute Gasteiger partial charge is 0.372 e. The van der Waals surface area contributed by atoms with Crippen LogP contribution in [-0.4, -0.2) is 25.8 Å². The third-order valence-corrected chi connectivity index (χ3v) is 3.05. The standard InChI is InChI=1S/C9H9N3O3S/c1-12-5-10-11-9(12)16-4-6-2-3-15-7(6)8(13)14/h2-3,5H,4H2,1H3,(H,13,14). The Morgan fingerprint density at radius 3 is 3.12 bits per heavy atom. The van der Waals surface area contributed by atoms with Gasteiger partial charge in [-0.2, -0.15) is 0 Å². The zero-order valence-electron chi connectivity index (χ0n) is 8.45. The van der Waals surface area contributed by atoms with E-state index in [1.54, 1.807) is 17.0 Å². The van der Waals surface area contributed by atoms with Gasteiger partial charge < -0.3 is 14.1 Å². The molecule has 0 aliphatic carbocycles. The van der Waals surface area contributed by atoms with E-state index < -0.39 is 5.97 Å². The second kappa shape index (κ2) is 4.40. The number of carboxylic acid groups (broad SMARTS) is 1. The van der Waals surface area contributed by atoms with Gasteiger partial charge in [-0.3, -0.25) is 0 Å². The third-order valence-electron chi connectivity index (χ3n) is 1.97. The molecule has 0 saturated heterocycles. The molecule has 0 fully saturated rings. The van der Waals surface area contributed by atoms with Gasteiger partial charge in [-0.1, -0.05) is 11.8 Å². The van der Waals surface area contributed by atoms with Crippen molar-refractivity contribution in [3.05, 3.63) is 30.0 Å². The van der Waals surface area contributed by atoms with Crippen LogP contribution in [0.3, 0.4) is 0 Å². The zero-order valence-corrected chi connectivity index (χ0v) is 9.27. The molecule has 84 valence electrons. The van der Waals surface area contributed by atoms with E-state index in [2.05, 4.69) is 10.2 Å². The van der Waals surface area contributed by atoms with Gasteiger partial charge in [0.1, 0.15) is 6.33 Å². The fourth-order valence-electron chi connectivity index (χ4n) is 1.18. The molecule has 2 rings (SSSR count). The van der Waals surface area contributed by atoms with Crippen molar-refractivity contribution in [1.82, 2.24) is 14.8 Å². The van der Waals surface area contributed by atoms with Gasteiger partial charge in [-0.05, 0) is 6.07 Å². The maximum atomic E-state index is 10.8. The lowest BCUT2D eigenvalue weighted by atomic mass is 10.3. The first-order chi connectivity index (χ1) is 7.68. The lowest BCUT2D eigenvalue weighted by molar-refractivity contribution is 0.0661. The summed E-state index contributed by atoms with van der Waals surface area (Å²) < 4.78 is 6.64. The van der Waals surface area contributed by atoms with Gasteiger partial charge in [0.05, 0.1) is 6.26 Å². The minimum absolute atomic E-state index is 0.0188. The number of aromatic nitrogens is 3. The molecular weight excluding hydrogens is 230 g/mol. The van der Waals surface area contributed by atoms with Gasteiger partial charge in [0, 0.05) is 18.4 Å². The van der Waals surface area contributed by atoms with Crippen LogP contribution in [0.5, 0.6) is 0 Å². The SMILES string of the molecule is Cn1cnnc1SCc1ccoc1C(=O)O. The molecule has 0 aliphatic rings. The summed E-state index contributed by atoms with van der Waals surface area (Å²) in [7, 11) is 1.83. The Kier molecular flexibility index (Phi) is 2.95. The van der Waals surface area contributed by atoms with E-state index in [-0.39, 0.29) is 5.76 Å². The molecule has 1 N–H and O–H groups in total. The van der Waals surface area contributed by atoms with E-state index in [4.69, 9.17) is 9.52 Å². The molecule has 0 atom stereocenters. The molecule has 0 amide bonds. The Hall–Kier alpha value is -1.76. The maximum Gasteiger partial charge on any atom is 0.372 e. The molecule has 0 bridgehead atoms. The first-order valence-corrected chi connectivity index (χ1v) is 5.43. The quantitative estimate of drug-likeness (QED) is 0.812. The van der Waals surface area contributed by atoms with Crippen molar-refractivity contribution in [2.24, 2.45) is 7.05 Å². The molecular formula is C9H9N3O3S. The number of hydrogen-bond donors (Lipinski definition) is 1. The van der Waals surface area contributed by atoms with Crippen LogP contribution in [0.25, 0.3) is 0 Å². The van der Waals surface area contributed by atoms with Gasteiger partial charge in [-0.15, -0.1) is 10.2 Å². The average Bonchev–Trinajstić information content (AvgIpc) is 2.83. The second-order valence-electron chi connectivity index (χ2n) is 3.09. The van der Waals surface area contributed by atoms with Crippen LogP contribution in [-0.2, 0) is 12.8 Å². The number of hydrogen-bond acceptors (Lipinski definition) is 5. The normalized spacial score (nSPS) is 10.6. The van der Waals surface area contributed by atoms with Crippen molar-refractivity contribution in [3.63, 3.8) is 0 Å². The Bertz CT molecular complexity index is 506. The lowest BCUT2D eigenvalue weighted by Crippen LogP contribution is -1.98. The fourth-order valence-corrected chi connectivity index (χ4v) is 2.05. The molecule has 6 nitrogen and oxygen atoms in total. The minimum Gasteiger partial charge on any atom is -0.475 e. The lowest BCUT2D eigenvalue weighted by Gasteiger charge is -1.99. The van der Waals surface area contributed by atoms with Gasteiger partial charge in [0.2, 0.25) is 5.76 Å². The van der Waals surface area contributed by atoms with E-state index in [0.29, 0.717) is 11.3 Å². The highest BCUT2D eigenvalue weighted by molar-refractivity contribution is 7.98. The highest BCUT2D eigenvalue weighted by Gasteiger charge is 2.14. The first kappa shape index (κ1) is 10.7. The summed E-state index contributed by atoms with van der Waals surface area (Å²) in [6, 6.07) is 1.65. The molecule has 0 unspecified atom stereocenters. The third kappa shape index (κ3) is 2.08. The number of nitrogens with zero attached hydrogens (tertiary/aromatic N) is 3. The maximum absolute atomic E-state index is 10.8. The van der Waals surface area contributed by atoms with Crippen molar-refractivity contribution >= 4 is 17.7 Å². The zero-order chi connectivity index (χ0) is 11.5. The van der Waals surface area contributed by atoms with Crippen molar-refractivity contribution in [3.8, 4) is 0 Å². The van der Waals surface area contributed by atoms with Crippen LogP contribution in [0.4, 0.5) is 0 Å². The van der Waals surface area contributed by atoms with Crippen LogP contribution >= 0.6 is 11.8 Å². The van der Waals surface area contributed by atoms with Crippen molar-refractivity contribution in [2.75, 3.05) is 0 Å². The molecule has 7 heteroatoms. The summed E-state index contributed by atoms with van der Waals surface area (Å²) in [5.41, 5.74) is 0.639. The molecule has 2 aromatic heterocycles. The highest BCUT2D eigenvalue weighted by Crippen LogP contribution is 2.22. The van der Waals surface area contributed by atoms with Gasteiger partial charge in [-0.25, -0.2) is 4.79 Å². The summed E-state index contributed by atoms with van der Waals surface area (Å²) in [4.78, 5) is 10.8. The van der Waals surface area contributed by atoms with Crippen molar-refractivity contribution in [1.29, 1.82) is 0 Å². The molecule has 0 aromatic carbocycles. The Morgan fingerprint density at radius 1 is 1.69 bits per heavy atom. The van der Waals surface area contributed by atoms with Gasteiger partial charge in [0.15, 0.2) is 5.16 Å². The van der Waals surface area contributed by atoms with Crippen LogP contribution in [0, 0.1) is 0 Å². The highest BCUT2D eigenvalue weighted by atomic mass is 32.2. The molecule has 0 aliphatic heterocycles. The number of carboxylic acids is 1. The predicted octanol–water partition coefficient (Wildman–Crippen LogP) is 1.40. The summed E-state index contributed by atoms with van der Waals surface area (Å²) in [5.74, 6) is -0.585. The van der Waals surface area contributed by atoms with Crippen LogP contribution in [0.1, 0.15) is 16.1 Å². The number of thioether (sulfide) groups is 1. The Morgan fingerprint density at radius 2 is 2.50 bits per heavy atom. The summed E-state index contributed by atoms with van der Waals surface area (Å²) in [6.07, 6.45) is 2.96. The fraction of sp³-hybridized carbons (Fsp3) is 0.222. The average molecular weight is 239 g/mol. The number of furan rings is 1. The Labute approximate surface area is 95.3 Å². The van der Waals surface area contributed by atoms with E-state index in [1.165, 1.54) is 18.0 Å². The van der Waals surface area contributed by atoms with Crippen LogP contribution < -0.4 is 0 Å². The summed E-state index contributed by atoms with van der Waals surface area (Å²) in [6.45, 7) is 0. The monoisotopic (exact) mass is 239 g/mol. The van der Waals surface area contributed by atoms with Crippen LogP contribution in [0.2, 0.25) is 0 Å². The van der Waals surface area contributed by atoms with Crippen molar-refractivity contribution < 1.29 is 14.3 Å². The first-order valence-electron chi connectivity index (χ1n) is 4.45. The van der Waals surface area contributed by atoms with E-state index >= 15 is 0 Å². The minimum atomic E-state index is -1.06. The number of rotatable bonds is 4. The largest absolute Gasteiger partial charge is 0.475 e. The van der Waals surface area contributed by atoms with E-state index in [0.717, 1.165) is 5.16 Å². The van der Waals surface area contributed by atoms with Gasteiger partial charge >= 0.3 is 5.97 Å². The number of aryl methyl sites for hydroxylation is 1. The molecule has 2 aromatic rings. The molecule has 0 radical (unpaired) electrons. The van der Waals surface area contributed by atoms with Crippen LogP contribution in [0.15, 0.2) is 28.2 Å².